The molecule has 5 heteroatoms. The van der Waals surface area contributed by atoms with E-state index in [4.69, 9.17) is 9.47 Å². The first-order valence-electron chi connectivity index (χ1n) is 7.51. The molecule has 0 saturated carbocycles. The molecule has 3 rings (SSSR count). The highest BCUT2D eigenvalue weighted by Gasteiger charge is 2.10. The molecule has 3 aromatic rings. The highest BCUT2D eigenvalue weighted by atomic mass is 16.5. The number of carbonyl (C=O) groups is 2. The van der Waals surface area contributed by atoms with E-state index in [0.29, 0.717) is 11.5 Å². The van der Waals surface area contributed by atoms with E-state index in [1.165, 1.54) is 13.8 Å². The van der Waals surface area contributed by atoms with Gasteiger partial charge in [0.2, 0.25) is 0 Å². The van der Waals surface area contributed by atoms with Gasteiger partial charge >= 0.3 is 11.9 Å². The first-order chi connectivity index (χ1) is 11.4. The number of carbonyl (C=O) groups excluding carboxylic acids is 2. The molecule has 0 atom stereocenters. The number of aromatic nitrogens is 1. The first-order valence-corrected chi connectivity index (χ1v) is 7.51. The number of esters is 2. The molecular formula is C19H17NO4. The number of fused-ring (bicyclic) bond motifs is 1. The van der Waals surface area contributed by atoms with E-state index < -0.39 is 0 Å². The third kappa shape index (κ3) is 3.15. The minimum Gasteiger partial charge on any atom is -0.427 e. The summed E-state index contributed by atoms with van der Waals surface area (Å²) in [4.78, 5) is 22.1. The Hall–Kier alpha value is -3.08. The zero-order valence-electron chi connectivity index (χ0n) is 13.7. The monoisotopic (exact) mass is 323 g/mol. The highest BCUT2D eigenvalue weighted by Crippen LogP contribution is 2.30. The molecule has 0 saturated heterocycles. The molecule has 122 valence electrons. The predicted molar refractivity (Wildman–Crippen MR) is 91.0 cm³/mol. The van der Waals surface area contributed by atoms with E-state index in [0.717, 1.165) is 22.2 Å². The van der Waals surface area contributed by atoms with Gasteiger partial charge in [-0.05, 0) is 48.0 Å². The third-order valence-electron chi connectivity index (χ3n) is 3.69. The molecule has 0 N–H and O–H groups in total. The molecule has 0 radical (unpaired) electrons. The van der Waals surface area contributed by atoms with Crippen molar-refractivity contribution < 1.29 is 19.1 Å². The standard InChI is InChI=1S/C19H17NO4/c1-12(21)23-16-7-4-14(5-8-16)18-10-15-6-9-17(24-13(2)22)11-19(15)20(18)3/h4-11H,1-3H3. The molecule has 1 aromatic heterocycles. The number of ether oxygens (including phenoxy) is 2. The zero-order valence-corrected chi connectivity index (χ0v) is 13.7. The summed E-state index contributed by atoms with van der Waals surface area (Å²) in [7, 11) is 1.95. The average molecular weight is 323 g/mol. The second kappa shape index (κ2) is 6.20. The van der Waals surface area contributed by atoms with E-state index in [-0.39, 0.29) is 11.9 Å². The first kappa shape index (κ1) is 15.8. The van der Waals surface area contributed by atoms with E-state index in [1.54, 1.807) is 18.2 Å². The van der Waals surface area contributed by atoms with Crippen molar-refractivity contribution in [2.24, 2.45) is 7.05 Å². The Bertz CT molecular complexity index is 922. The van der Waals surface area contributed by atoms with Gasteiger partial charge in [-0.3, -0.25) is 9.59 Å². The lowest BCUT2D eigenvalue weighted by molar-refractivity contribution is -0.132. The summed E-state index contributed by atoms with van der Waals surface area (Å²) in [6.07, 6.45) is 0. The summed E-state index contributed by atoms with van der Waals surface area (Å²) in [5, 5.41) is 1.05. The van der Waals surface area contributed by atoms with Crippen LogP contribution in [0.5, 0.6) is 11.5 Å². The summed E-state index contributed by atoms with van der Waals surface area (Å²) in [5.41, 5.74) is 2.98. The quantitative estimate of drug-likeness (QED) is 0.545. The van der Waals surface area contributed by atoms with Crippen molar-refractivity contribution in [2.45, 2.75) is 13.8 Å². The maximum absolute atomic E-state index is 11.1. The maximum Gasteiger partial charge on any atom is 0.308 e. The highest BCUT2D eigenvalue weighted by molar-refractivity contribution is 5.88. The smallest absolute Gasteiger partial charge is 0.308 e. The average Bonchev–Trinajstić information content (AvgIpc) is 2.84. The Labute approximate surface area is 139 Å². The van der Waals surface area contributed by atoms with Gasteiger partial charge in [-0.1, -0.05) is 0 Å². The third-order valence-corrected chi connectivity index (χ3v) is 3.69. The summed E-state index contributed by atoms with van der Waals surface area (Å²) in [6, 6.07) is 14.9. The molecular weight excluding hydrogens is 306 g/mol. The van der Waals surface area contributed by atoms with Gasteiger partial charge in [0, 0.05) is 38.0 Å². The zero-order chi connectivity index (χ0) is 17.3. The van der Waals surface area contributed by atoms with Gasteiger partial charge in [0.05, 0.1) is 5.52 Å². The molecule has 0 aliphatic rings. The van der Waals surface area contributed by atoms with E-state index in [2.05, 4.69) is 6.07 Å². The van der Waals surface area contributed by atoms with Crippen molar-refractivity contribution in [1.29, 1.82) is 0 Å². The van der Waals surface area contributed by atoms with Crippen LogP contribution in [0, 0.1) is 0 Å². The van der Waals surface area contributed by atoms with E-state index >= 15 is 0 Å². The maximum atomic E-state index is 11.1. The van der Waals surface area contributed by atoms with Gasteiger partial charge < -0.3 is 14.0 Å². The van der Waals surface area contributed by atoms with Crippen molar-refractivity contribution >= 4 is 22.8 Å². The van der Waals surface area contributed by atoms with Crippen molar-refractivity contribution in [1.82, 2.24) is 4.57 Å². The lowest BCUT2D eigenvalue weighted by atomic mass is 10.1. The summed E-state index contributed by atoms with van der Waals surface area (Å²) in [6.45, 7) is 2.75. The second-order valence-electron chi connectivity index (χ2n) is 5.52. The largest absolute Gasteiger partial charge is 0.427 e. The molecule has 0 aliphatic heterocycles. The van der Waals surface area contributed by atoms with Crippen molar-refractivity contribution in [3.05, 3.63) is 48.5 Å². The van der Waals surface area contributed by atoms with Gasteiger partial charge in [0.15, 0.2) is 0 Å². The second-order valence-corrected chi connectivity index (χ2v) is 5.52. The molecule has 24 heavy (non-hydrogen) atoms. The molecule has 2 aromatic carbocycles. The number of aryl methyl sites for hydroxylation is 1. The van der Waals surface area contributed by atoms with Crippen LogP contribution in [0.2, 0.25) is 0 Å². The minimum atomic E-state index is -0.343. The Balaban J connectivity index is 1.99. The fourth-order valence-corrected chi connectivity index (χ4v) is 2.68. The molecule has 0 amide bonds. The van der Waals surface area contributed by atoms with Crippen LogP contribution < -0.4 is 9.47 Å². The van der Waals surface area contributed by atoms with E-state index in [1.807, 2.05) is 35.9 Å². The van der Waals surface area contributed by atoms with Crippen LogP contribution in [0.15, 0.2) is 48.5 Å². The molecule has 0 fully saturated rings. The summed E-state index contributed by atoms with van der Waals surface area (Å²) < 4.78 is 12.2. The molecule has 5 nitrogen and oxygen atoms in total. The predicted octanol–water partition coefficient (Wildman–Crippen LogP) is 3.70. The van der Waals surface area contributed by atoms with Gasteiger partial charge in [-0.15, -0.1) is 0 Å². The van der Waals surface area contributed by atoms with Gasteiger partial charge in [0.25, 0.3) is 0 Å². The number of benzene rings is 2. The van der Waals surface area contributed by atoms with Crippen LogP contribution >= 0.6 is 0 Å². The van der Waals surface area contributed by atoms with Crippen molar-refractivity contribution in [3.63, 3.8) is 0 Å². The van der Waals surface area contributed by atoms with Crippen LogP contribution in [0.4, 0.5) is 0 Å². The van der Waals surface area contributed by atoms with E-state index in [9.17, 15) is 9.59 Å². The van der Waals surface area contributed by atoms with Gasteiger partial charge in [0.1, 0.15) is 11.5 Å². The lowest BCUT2D eigenvalue weighted by Gasteiger charge is -2.07. The minimum absolute atomic E-state index is 0.342. The van der Waals surface area contributed by atoms with Crippen LogP contribution in [0.25, 0.3) is 22.2 Å². The lowest BCUT2D eigenvalue weighted by Crippen LogP contribution is -2.01. The number of hydrogen-bond acceptors (Lipinski definition) is 4. The van der Waals surface area contributed by atoms with Crippen LogP contribution in [0.1, 0.15) is 13.8 Å². The SMILES string of the molecule is CC(=O)Oc1ccc(-c2cc3ccc(OC(C)=O)cc3n2C)cc1. The molecule has 1 heterocycles. The van der Waals surface area contributed by atoms with Gasteiger partial charge in [-0.25, -0.2) is 0 Å². The van der Waals surface area contributed by atoms with Crippen LogP contribution in [-0.2, 0) is 16.6 Å². The Morgan fingerprint density at radius 2 is 1.42 bits per heavy atom. The molecule has 0 unspecified atom stereocenters. The normalized spacial score (nSPS) is 10.6. The number of nitrogens with zero attached hydrogens (tertiary/aromatic N) is 1. The number of rotatable bonds is 3. The Morgan fingerprint density at radius 3 is 2.04 bits per heavy atom. The Kier molecular flexibility index (Phi) is 4.08. The van der Waals surface area contributed by atoms with Crippen molar-refractivity contribution in [3.8, 4) is 22.8 Å². The summed E-state index contributed by atoms with van der Waals surface area (Å²) in [5.74, 6) is 0.352. The fourth-order valence-electron chi connectivity index (χ4n) is 2.68. The fraction of sp³-hybridized carbons (Fsp3) is 0.158. The van der Waals surface area contributed by atoms with Gasteiger partial charge in [-0.2, -0.15) is 0 Å². The number of hydrogen-bond donors (Lipinski definition) is 0. The van der Waals surface area contributed by atoms with Crippen LogP contribution in [0.3, 0.4) is 0 Å². The molecule has 0 aliphatic carbocycles. The Morgan fingerprint density at radius 1 is 0.833 bits per heavy atom. The molecule has 0 bridgehead atoms. The topological polar surface area (TPSA) is 57.5 Å². The van der Waals surface area contributed by atoms with Crippen molar-refractivity contribution in [2.75, 3.05) is 0 Å². The molecule has 0 spiro atoms. The van der Waals surface area contributed by atoms with Crippen LogP contribution in [-0.4, -0.2) is 16.5 Å². The summed E-state index contributed by atoms with van der Waals surface area (Å²) >= 11 is 0.